The number of hydrogen-bond acceptors (Lipinski definition) is 7. The molecule has 1 aliphatic rings. The summed E-state index contributed by atoms with van der Waals surface area (Å²) in [5.41, 5.74) is 1.32. The van der Waals surface area contributed by atoms with Crippen LogP contribution in [0.5, 0.6) is 11.5 Å². The van der Waals surface area contributed by atoms with Crippen LogP contribution in [0, 0.1) is 0 Å². The third-order valence-electron chi connectivity index (χ3n) is 3.83. The topological polar surface area (TPSA) is 80.8 Å². The normalized spacial score (nSPS) is 15.1. The van der Waals surface area contributed by atoms with E-state index < -0.39 is 0 Å². The van der Waals surface area contributed by atoms with E-state index in [1.54, 1.807) is 50.8 Å². The standard InChI is InChI=1S/C19H17N3O4S2/c1-25-14-6-5-12(8-15(14)26-2)9-16-18(24)22(19(27)28-16)11-17(23)21-13-4-3-7-20-10-13/h3-10H,11H2,1-2H3,(H,21,23). The van der Waals surface area contributed by atoms with E-state index in [-0.39, 0.29) is 18.4 Å². The highest BCUT2D eigenvalue weighted by atomic mass is 32.2. The first-order chi connectivity index (χ1) is 13.5. The Morgan fingerprint density at radius 2 is 2.07 bits per heavy atom. The van der Waals surface area contributed by atoms with Gasteiger partial charge in [0.2, 0.25) is 5.91 Å². The molecule has 0 atom stereocenters. The fourth-order valence-electron chi connectivity index (χ4n) is 2.51. The molecule has 1 saturated heterocycles. The monoisotopic (exact) mass is 415 g/mol. The van der Waals surface area contributed by atoms with Crippen molar-refractivity contribution in [3.8, 4) is 11.5 Å². The first kappa shape index (κ1) is 19.8. The first-order valence-electron chi connectivity index (χ1n) is 8.19. The summed E-state index contributed by atoms with van der Waals surface area (Å²) in [6.45, 7) is -0.164. The molecule has 0 radical (unpaired) electrons. The van der Waals surface area contributed by atoms with Gasteiger partial charge >= 0.3 is 0 Å². The van der Waals surface area contributed by atoms with Crippen LogP contribution in [0.15, 0.2) is 47.6 Å². The van der Waals surface area contributed by atoms with Crippen molar-refractivity contribution in [1.82, 2.24) is 9.88 Å². The summed E-state index contributed by atoms with van der Waals surface area (Å²) in [6, 6.07) is 8.75. The maximum absolute atomic E-state index is 12.7. The van der Waals surface area contributed by atoms with Gasteiger partial charge < -0.3 is 14.8 Å². The molecule has 1 aromatic heterocycles. The number of anilines is 1. The van der Waals surface area contributed by atoms with Gasteiger partial charge in [-0.05, 0) is 35.9 Å². The molecule has 9 heteroatoms. The number of nitrogens with zero attached hydrogens (tertiary/aromatic N) is 2. The Labute approximate surface area is 171 Å². The van der Waals surface area contributed by atoms with E-state index in [2.05, 4.69) is 10.3 Å². The molecule has 2 heterocycles. The summed E-state index contributed by atoms with van der Waals surface area (Å²) in [5, 5.41) is 2.69. The van der Waals surface area contributed by atoms with Crippen LogP contribution in [0.2, 0.25) is 0 Å². The summed E-state index contributed by atoms with van der Waals surface area (Å²) < 4.78 is 10.8. The zero-order valence-corrected chi connectivity index (χ0v) is 16.8. The molecule has 1 aliphatic heterocycles. The minimum absolute atomic E-state index is 0.164. The van der Waals surface area contributed by atoms with Crippen LogP contribution in [0.3, 0.4) is 0 Å². The van der Waals surface area contributed by atoms with Crippen molar-refractivity contribution in [2.45, 2.75) is 0 Å². The van der Waals surface area contributed by atoms with Gasteiger partial charge in [0, 0.05) is 6.20 Å². The quantitative estimate of drug-likeness (QED) is 0.574. The highest BCUT2D eigenvalue weighted by Crippen LogP contribution is 2.34. The predicted octanol–water partition coefficient (Wildman–Crippen LogP) is 2.94. The number of nitrogens with one attached hydrogen (secondary N) is 1. The van der Waals surface area contributed by atoms with Crippen LogP contribution in [0.1, 0.15) is 5.56 Å². The van der Waals surface area contributed by atoms with Gasteiger partial charge in [0.25, 0.3) is 5.91 Å². The van der Waals surface area contributed by atoms with Gasteiger partial charge in [-0.1, -0.05) is 30.0 Å². The Bertz CT molecular complexity index is 947. The zero-order chi connectivity index (χ0) is 20.1. The summed E-state index contributed by atoms with van der Waals surface area (Å²) in [7, 11) is 3.10. The van der Waals surface area contributed by atoms with Crippen molar-refractivity contribution >= 4 is 51.9 Å². The van der Waals surface area contributed by atoms with Crippen molar-refractivity contribution in [2.24, 2.45) is 0 Å². The maximum atomic E-state index is 12.7. The average Bonchev–Trinajstić information content (AvgIpc) is 2.96. The Kier molecular flexibility index (Phi) is 6.27. The number of carbonyl (C=O) groups is 2. The number of rotatable bonds is 6. The Morgan fingerprint density at radius 3 is 2.75 bits per heavy atom. The van der Waals surface area contributed by atoms with Gasteiger partial charge in [0.15, 0.2) is 11.5 Å². The van der Waals surface area contributed by atoms with Crippen molar-refractivity contribution in [1.29, 1.82) is 0 Å². The summed E-state index contributed by atoms with van der Waals surface area (Å²) in [6.07, 6.45) is 4.84. The number of methoxy groups -OCH3 is 2. The van der Waals surface area contributed by atoms with Crippen LogP contribution < -0.4 is 14.8 Å². The summed E-state index contributed by atoms with van der Waals surface area (Å²) in [5.74, 6) is 0.490. The molecule has 3 rings (SSSR count). The van der Waals surface area contributed by atoms with Crippen molar-refractivity contribution in [2.75, 3.05) is 26.1 Å². The molecule has 1 aromatic carbocycles. The van der Waals surface area contributed by atoms with Crippen LogP contribution in [-0.4, -0.2) is 46.8 Å². The molecule has 0 aliphatic carbocycles. The van der Waals surface area contributed by atoms with Crippen LogP contribution in [0.4, 0.5) is 5.69 Å². The number of ether oxygens (including phenoxy) is 2. The SMILES string of the molecule is COc1ccc(C=C2SC(=S)N(CC(=O)Nc3cccnc3)C2=O)cc1OC. The summed E-state index contributed by atoms with van der Waals surface area (Å²) >= 11 is 6.43. The van der Waals surface area contributed by atoms with Gasteiger partial charge in [0.05, 0.1) is 31.0 Å². The fourth-order valence-corrected chi connectivity index (χ4v) is 3.77. The second-order valence-corrected chi connectivity index (χ2v) is 7.35. The zero-order valence-electron chi connectivity index (χ0n) is 15.2. The fraction of sp³-hybridized carbons (Fsp3) is 0.158. The average molecular weight is 415 g/mol. The van der Waals surface area contributed by atoms with Crippen molar-refractivity contribution in [3.05, 3.63) is 53.2 Å². The molecular weight excluding hydrogens is 398 g/mol. The van der Waals surface area contributed by atoms with Crippen molar-refractivity contribution in [3.63, 3.8) is 0 Å². The van der Waals surface area contributed by atoms with Gasteiger partial charge in [-0.25, -0.2) is 0 Å². The lowest BCUT2D eigenvalue weighted by molar-refractivity contribution is -0.126. The van der Waals surface area contributed by atoms with Gasteiger partial charge in [-0.2, -0.15) is 0 Å². The van der Waals surface area contributed by atoms with Gasteiger partial charge in [-0.3, -0.25) is 19.5 Å². The number of hydrogen-bond donors (Lipinski definition) is 1. The van der Waals surface area contributed by atoms with E-state index in [9.17, 15) is 9.59 Å². The number of thiocarbonyl (C=S) groups is 1. The molecule has 28 heavy (non-hydrogen) atoms. The molecule has 7 nitrogen and oxygen atoms in total. The lowest BCUT2D eigenvalue weighted by atomic mass is 10.2. The Morgan fingerprint density at radius 1 is 1.29 bits per heavy atom. The lowest BCUT2D eigenvalue weighted by Crippen LogP contribution is -2.36. The molecule has 0 saturated carbocycles. The van der Waals surface area contributed by atoms with Gasteiger partial charge in [-0.15, -0.1) is 0 Å². The molecule has 1 N–H and O–H groups in total. The second kappa shape index (κ2) is 8.85. The lowest BCUT2D eigenvalue weighted by Gasteiger charge is -2.14. The first-order valence-corrected chi connectivity index (χ1v) is 9.41. The third kappa shape index (κ3) is 4.49. The number of amides is 2. The predicted molar refractivity (Wildman–Crippen MR) is 112 cm³/mol. The number of thioether (sulfide) groups is 1. The van der Waals surface area contributed by atoms with E-state index in [0.29, 0.717) is 26.4 Å². The number of benzene rings is 1. The molecule has 1 fully saturated rings. The highest BCUT2D eigenvalue weighted by Gasteiger charge is 2.33. The molecular formula is C19H17N3O4S2. The van der Waals surface area contributed by atoms with Gasteiger partial charge in [0.1, 0.15) is 10.9 Å². The van der Waals surface area contributed by atoms with Crippen LogP contribution in [0.25, 0.3) is 6.08 Å². The minimum Gasteiger partial charge on any atom is -0.493 e. The number of aromatic nitrogens is 1. The van der Waals surface area contributed by atoms with E-state index in [4.69, 9.17) is 21.7 Å². The third-order valence-corrected chi connectivity index (χ3v) is 5.20. The molecule has 0 unspecified atom stereocenters. The van der Waals surface area contributed by atoms with E-state index >= 15 is 0 Å². The summed E-state index contributed by atoms with van der Waals surface area (Å²) in [4.78, 5) is 30.6. The molecule has 2 amide bonds. The number of carbonyl (C=O) groups excluding carboxylic acids is 2. The molecule has 0 bridgehead atoms. The second-order valence-electron chi connectivity index (χ2n) is 5.67. The Balaban J connectivity index is 1.72. The van der Waals surface area contributed by atoms with E-state index in [1.165, 1.54) is 11.1 Å². The highest BCUT2D eigenvalue weighted by molar-refractivity contribution is 8.26. The smallest absolute Gasteiger partial charge is 0.266 e. The molecule has 2 aromatic rings. The minimum atomic E-state index is -0.350. The Hall–Kier alpha value is -2.91. The van der Waals surface area contributed by atoms with Crippen LogP contribution in [-0.2, 0) is 9.59 Å². The largest absolute Gasteiger partial charge is 0.493 e. The molecule has 0 spiro atoms. The van der Waals surface area contributed by atoms with Crippen molar-refractivity contribution < 1.29 is 19.1 Å². The number of pyridine rings is 1. The van der Waals surface area contributed by atoms with Crippen LogP contribution >= 0.6 is 24.0 Å². The van der Waals surface area contributed by atoms with E-state index in [0.717, 1.165) is 17.3 Å². The van der Waals surface area contributed by atoms with E-state index in [1.807, 2.05) is 6.07 Å². The molecule has 144 valence electrons. The maximum Gasteiger partial charge on any atom is 0.266 e.